The van der Waals surface area contributed by atoms with Crippen molar-refractivity contribution in [2.45, 2.75) is 31.4 Å². The molecule has 0 spiro atoms. The van der Waals surface area contributed by atoms with Gasteiger partial charge in [0, 0.05) is 5.41 Å². The highest BCUT2D eigenvalue weighted by Gasteiger charge is 2.18. The molecule has 0 aliphatic carbocycles. The van der Waals surface area contributed by atoms with Crippen LogP contribution >= 0.6 is 11.8 Å². The molecule has 0 aliphatic heterocycles. The van der Waals surface area contributed by atoms with Crippen molar-refractivity contribution in [1.29, 1.82) is 0 Å². The Balaban J connectivity index is 2.89. The van der Waals surface area contributed by atoms with Gasteiger partial charge in [-0.05, 0) is 6.26 Å². The fraction of sp³-hybridized carbons (Fsp3) is 0.625. The van der Waals surface area contributed by atoms with Crippen molar-refractivity contribution in [2.75, 3.05) is 6.26 Å². The lowest BCUT2D eigenvalue weighted by molar-refractivity contribution is 0.355. The lowest BCUT2D eigenvalue weighted by atomic mass is 9.94. The van der Waals surface area contributed by atoms with Gasteiger partial charge in [0.1, 0.15) is 5.76 Å². The molecule has 2 nitrogen and oxygen atoms in total. The first-order chi connectivity index (χ1) is 5.04. The summed E-state index contributed by atoms with van der Waals surface area (Å²) in [6.07, 6.45) is 3.75. The number of hydrogen-bond acceptors (Lipinski definition) is 3. The van der Waals surface area contributed by atoms with E-state index in [1.54, 1.807) is 6.20 Å². The summed E-state index contributed by atoms with van der Waals surface area (Å²) in [7, 11) is 0. The van der Waals surface area contributed by atoms with E-state index in [0.29, 0.717) is 0 Å². The van der Waals surface area contributed by atoms with Crippen LogP contribution < -0.4 is 0 Å². The molecule has 0 unspecified atom stereocenters. The van der Waals surface area contributed by atoms with Crippen molar-refractivity contribution in [3.05, 3.63) is 12.0 Å². The van der Waals surface area contributed by atoms with Gasteiger partial charge in [0.25, 0.3) is 5.22 Å². The molecule has 0 radical (unpaired) electrons. The van der Waals surface area contributed by atoms with Crippen molar-refractivity contribution in [3.8, 4) is 0 Å². The van der Waals surface area contributed by atoms with Gasteiger partial charge in [-0.1, -0.05) is 32.5 Å². The van der Waals surface area contributed by atoms with E-state index < -0.39 is 0 Å². The van der Waals surface area contributed by atoms with Gasteiger partial charge < -0.3 is 4.42 Å². The molecule has 0 aliphatic rings. The fourth-order valence-electron chi connectivity index (χ4n) is 0.699. The van der Waals surface area contributed by atoms with E-state index in [1.807, 2.05) is 6.26 Å². The maximum atomic E-state index is 5.45. The zero-order valence-electron chi connectivity index (χ0n) is 7.34. The second kappa shape index (κ2) is 2.89. The van der Waals surface area contributed by atoms with Crippen LogP contribution in [-0.2, 0) is 5.41 Å². The third-order valence-electron chi connectivity index (χ3n) is 1.40. The predicted octanol–water partition coefficient (Wildman–Crippen LogP) is 2.69. The topological polar surface area (TPSA) is 26.0 Å². The Morgan fingerprint density at radius 2 is 2.09 bits per heavy atom. The molecule has 1 heterocycles. The van der Waals surface area contributed by atoms with Gasteiger partial charge in [0.15, 0.2) is 0 Å². The standard InChI is InChI=1S/C8H13NOS/c1-8(2,3)6-5-9-7(10-6)11-4/h5H,1-4H3. The third-order valence-corrected chi connectivity index (χ3v) is 1.94. The van der Waals surface area contributed by atoms with Crippen LogP contribution in [0.25, 0.3) is 0 Å². The number of aromatic nitrogens is 1. The summed E-state index contributed by atoms with van der Waals surface area (Å²) in [5.41, 5.74) is 0.0704. The van der Waals surface area contributed by atoms with Crippen molar-refractivity contribution >= 4 is 11.8 Å². The van der Waals surface area contributed by atoms with Gasteiger partial charge in [0.2, 0.25) is 0 Å². The van der Waals surface area contributed by atoms with Crippen molar-refractivity contribution in [3.63, 3.8) is 0 Å². The summed E-state index contributed by atoms with van der Waals surface area (Å²) in [6, 6.07) is 0. The van der Waals surface area contributed by atoms with Crippen LogP contribution in [-0.4, -0.2) is 11.2 Å². The van der Waals surface area contributed by atoms with E-state index >= 15 is 0 Å². The third kappa shape index (κ3) is 1.99. The quantitative estimate of drug-likeness (QED) is 0.608. The van der Waals surface area contributed by atoms with Gasteiger partial charge >= 0.3 is 0 Å². The van der Waals surface area contributed by atoms with Crippen molar-refractivity contribution in [2.24, 2.45) is 0 Å². The van der Waals surface area contributed by atoms with Gasteiger partial charge in [-0.3, -0.25) is 0 Å². The fourth-order valence-corrected chi connectivity index (χ4v) is 1.03. The summed E-state index contributed by atoms with van der Waals surface area (Å²) in [4.78, 5) is 4.10. The molecule has 0 saturated heterocycles. The Hall–Kier alpha value is -0.440. The van der Waals surface area contributed by atoms with E-state index in [4.69, 9.17) is 4.42 Å². The number of oxazole rings is 1. The number of rotatable bonds is 1. The zero-order valence-corrected chi connectivity index (χ0v) is 8.16. The van der Waals surface area contributed by atoms with Crippen LogP contribution in [0.3, 0.4) is 0 Å². The highest BCUT2D eigenvalue weighted by Crippen LogP contribution is 2.25. The molecule has 1 rings (SSSR count). The van der Waals surface area contributed by atoms with Crippen LogP contribution in [0.4, 0.5) is 0 Å². The molecule has 0 amide bonds. The Morgan fingerprint density at radius 1 is 1.45 bits per heavy atom. The largest absolute Gasteiger partial charge is 0.436 e. The average molecular weight is 171 g/mol. The summed E-state index contributed by atoms with van der Waals surface area (Å²) < 4.78 is 5.45. The van der Waals surface area contributed by atoms with Crippen molar-refractivity contribution in [1.82, 2.24) is 4.98 Å². The molecular weight excluding hydrogens is 158 g/mol. The Labute approximate surface area is 71.4 Å². The highest BCUT2D eigenvalue weighted by molar-refractivity contribution is 7.98. The van der Waals surface area contributed by atoms with E-state index in [-0.39, 0.29) is 5.41 Å². The minimum atomic E-state index is 0.0704. The molecular formula is C8H13NOS. The molecule has 62 valence electrons. The first-order valence-electron chi connectivity index (χ1n) is 3.54. The normalized spacial score (nSPS) is 12.0. The second-order valence-corrected chi connectivity index (χ2v) is 4.20. The lowest BCUT2D eigenvalue weighted by Crippen LogP contribution is -2.08. The van der Waals surface area contributed by atoms with E-state index in [2.05, 4.69) is 25.8 Å². The minimum Gasteiger partial charge on any atom is -0.436 e. The summed E-state index contributed by atoms with van der Waals surface area (Å²) in [5.74, 6) is 0.946. The van der Waals surface area contributed by atoms with E-state index in [1.165, 1.54) is 11.8 Å². The predicted molar refractivity (Wildman–Crippen MR) is 47.0 cm³/mol. The number of nitrogens with zero attached hydrogens (tertiary/aromatic N) is 1. The Kier molecular flexibility index (Phi) is 2.28. The lowest BCUT2D eigenvalue weighted by Gasteiger charge is -2.12. The smallest absolute Gasteiger partial charge is 0.255 e. The molecule has 0 atom stereocenters. The van der Waals surface area contributed by atoms with Crippen molar-refractivity contribution < 1.29 is 4.42 Å². The first-order valence-corrected chi connectivity index (χ1v) is 4.77. The Morgan fingerprint density at radius 3 is 2.36 bits per heavy atom. The van der Waals surface area contributed by atoms with Gasteiger partial charge in [-0.25, -0.2) is 4.98 Å². The summed E-state index contributed by atoms with van der Waals surface area (Å²) >= 11 is 1.53. The summed E-state index contributed by atoms with van der Waals surface area (Å²) in [6.45, 7) is 6.33. The average Bonchev–Trinajstić information content (AvgIpc) is 2.32. The van der Waals surface area contributed by atoms with Crippen LogP contribution in [0.5, 0.6) is 0 Å². The second-order valence-electron chi connectivity index (χ2n) is 3.44. The maximum Gasteiger partial charge on any atom is 0.255 e. The molecule has 1 aromatic rings. The SMILES string of the molecule is CSc1ncc(C(C)(C)C)o1. The molecule has 0 aromatic carbocycles. The summed E-state index contributed by atoms with van der Waals surface area (Å²) in [5, 5.41) is 0.745. The molecule has 0 bridgehead atoms. The van der Waals surface area contributed by atoms with E-state index in [9.17, 15) is 0 Å². The monoisotopic (exact) mass is 171 g/mol. The molecule has 0 N–H and O–H groups in total. The molecule has 3 heteroatoms. The number of thioether (sulfide) groups is 1. The van der Waals surface area contributed by atoms with Crippen LogP contribution in [0.2, 0.25) is 0 Å². The van der Waals surface area contributed by atoms with Gasteiger partial charge in [-0.15, -0.1) is 0 Å². The molecule has 1 aromatic heterocycles. The number of hydrogen-bond donors (Lipinski definition) is 0. The van der Waals surface area contributed by atoms with E-state index in [0.717, 1.165) is 11.0 Å². The van der Waals surface area contributed by atoms with Crippen LogP contribution in [0.15, 0.2) is 15.8 Å². The molecule has 11 heavy (non-hydrogen) atoms. The zero-order chi connectivity index (χ0) is 8.48. The minimum absolute atomic E-state index is 0.0704. The van der Waals surface area contributed by atoms with Crippen LogP contribution in [0, 0.1) is 0 Å². The molecule has 0 saturated carbocycles. The maximum absolute atomic E-state index is 5.45. The highest BCUT2D eigenvalue weighted by atomic mass is 32.2. The molecule has 0 fully saturated rings. The Bertz CT molecular complexity index is 236. The first kappa shape index (κ1) is 8.65. The van der Waals surface area contributed by atoms with Gasteiger partial charge in [0.05, 0.1) is 6.20 Å². The van der Waals surface area contributed by atoms with Gasteiger partial charge in [-0.2, -0.15) is 0 Å². The van der Waals surface area contributed by atoms with Crippen LogP contribution in [0.1, 0.15) is 26.5 Å².